The molecule has 0 heterocycles. The van der Waals surface area contributed by atoms with Crippen molar-refractivity contribution in [2.45, 2.75) is 20.0 Å². The fourth-order valence-corrected chi connectivity index (χ4v) is 1.49. The Morgan fingerprint density at radius 3 is 2.19 bits per heavy atom. The Labute approximate surface area is 95.8 Å². The van der Waals surface area contributed by atoms with Gasteiger partial charge in [-0.05, 0) is 19.9 Å². The number of benzene rings is 1. The van der Waals surface area contributed by atoms with Gasteiger partial charge in [-0.1, -0.05) is 0 Å². The van der Waals surface area contributed by atoms with Crippen LogP contribution in [0, 0.1) is 0 Å². The minimum Gasteiger partial charge on any atom is -0.496 e. The van der Waals surface area contributed by atoms with E-state index < -0.39 is 6.10 Å². The van der Waals surface area contributed by atoms with Crippen LogP contribution in [0.1, 0.15) is 25.5 Å². The third-order valence-corrected chi connectivity index (χ3v) is 2.27. The van der Waals surface area contributed by atoms with E-state index in [2.05, 4.69) is 0 Å². The predicted molar refractivity (Wildman–Crippen MR) is 61.3 cm³/mol. The van der Waals surface area contributed by atoms with E-state index in [1.165, 1.54) is 0 Å². The maximum absolute atomic E-state index is 9.62. The lowest BCUT2D eigenvalue weighted by Crippen LogP contribution is -2.01. The molecule has 0 aliphatic heterocycles. The number of hydrogen-bond acceptors (Lipinski definition) is 4. The fraction of sp³-hybridized carbons (Fsp3) is 0.500. The largest absolute Gasteiger partial charge is 0.496 e. The van der Waals surface area contributed by atoms with Crippen molar-refractivity contribution >= 4 is 0 Å². The van der Waals surface area contributed by atoms with Crippen molar-refractivity contribution in [1.82, 2.24) is 0 Å². The highest BCUT2D eigenvalue weighted by Gasteiger charge is 2.15. The van der Waals surface area contributed by atoms with E-state index in [4.69, 9.17) is 14.2 Å². The molecule has 0 aliphatic carbocycles. The first-order valence-corrected chi connectivity index (χ1v) is 5.20. The molecule has 90 valence electrons. The Morgan fingerprint density at radius 1 is 1.12 bits per heavy atom. The summed E-state index contributed by atoms with van der Waals surface area (Å²) in [5.41, 5.74) is 0.687. The van der Waals surface area contributed by atoms with Gasteiger partial charge in [0, 0.05) is 11.6 Å². The Bertz CT molecular complexity index is 347. The van der Waals surface area contributed by atoms with Gasteiger partial charge in [-0.2, -0.15) is 0 Å². The van der Waals surface area contributed by atoms with Crippen LogP contribution in [0.2, 0.25) is 0 Å². The van der Waals surface area contributed by atoms with Gasteiger partial charge >= 0.3 is 0 Å². The molecule has 0 spiro atoms. The van der Waals surface area contributed by atoms with E-state index in [1.807, 2.05) is 6.92 Å². The molecule has 1 N–H and O–H groups in total. The zero-order valence-electron chi connectivity index (χ0n) is 10.1. The molecule has 0 fully saturated rings. The lowest BCUT2D eigenvalue weighted by atomic mass is 10.1. The van der Waals surface area contributed by atoms with Crippen molar-refractivity contribution in [2.75, 3.05) is 20.8 Å². The molecule has 0 saturated carbocycles. The molecule has 0 aliphatic rings. The molecule has 4 heteroatoms. The van der Waals surface area contributed by atoms with Crippen LogP contribution >= 0.6 is 0 Å². The third kappa shape index (κ3) is 2.58. The fourth-order valence-electron chi connectivity index (χ4n) is 1.49. The van der Waals surface area contributed by atoms with Gasteiger partial charge in [0.05, 0.1) is 26.9 Å². The van der Waals surface area contributed by atoms with Gasteiger partial charge in [-0.15, -0.1) is 0 Å². The molecular weight excluding hydrogens is 208 g/mol. The van der Waals surface area contributed by atoms with Crippen LogP contribution in [-0.4, -0.2) is 25.9 Å². The molecule has 0 radical (unpaired) electrons. The van der Waals surface area contributed by atoms with E-state index in [-0.39, 0.29) is 0 Å². The highest BCUT2D eigenvalue weighted by Crippen LogP contribution is 2.37. The average molecular weight is 226 g/mol. The van der Waals surface area contributed by atoms with Crippen LogP contribution < -0.4 is 14.2 Å². The van der Waals surface area contributed by atoms with E-state index in [0.717, 1.165) is 0 Å². The zero-order valence-corrected chi connectivity index (χ0v) is 10.1. The van der Waals surface area contributed by atoms with Crippen molar-refractivity contribution in [3.05, 3.63) is 17.7 Å². The molecule has 1 aromatic carbocycles. The van der Waals surface area contributed by atoms with Crippen molar-refractivity contribution in [3.63, 3.8) is 0 Å². The van der Waals surface area contributed by atoms with Gasteiger partial charge in [0.2, 0.25) is 0 Å². The van der Waals surface area contributed by atoms with Gasteiger partial charge < -0.3 is 19.3 Å². The first-order chi connectivity index (χ1) is 7.63. The molecule has 0 amide bonds. The number of aliphatic hydroxyl groups is 1. The predicted octanol–water partition coefficient (Wildman–Crippen LogP) is 2.16. The molecule has 1 aromatic rings. The van der Waals surface area contributed by atoms with Gasteiger partial charge in [0.25, 0.3) is 0 Å². The topological polar surface area (TPSA) is 47.9 Å². The summed E-state index contributed by atoms with van der Waals surface area (Å²) in [6.45, 7) is 4.12. The van der Waals surface area contributed by atoms with Gasteiger partial charge in [-0.25, -0.2) is 0 Å². The van der Waals surface area contributed by atoms with Gasteiger partial charge in [-0.3, -0.25) is 0 Å². The third-order valence-electron chi connectivity index (χ3n) is 2.27. The Kier molecular flexibility index (Phi) is 4.43. The van der Waals surface area contributed by atoms with E-state index in [9.17, 15) is 5.11 Å². The van der Waals surface area contributed by atoms with E-state index >= 15 is 0 Å². The quantitative estimate of drug-likeness (QED) is 0.835. The SMILES string of the molecule is CCOc1cc(C(C)O)c(OC)cc1OC. The molecule has 16 heavy (non-hydrogen) atoms. The number of rotatable bonds is 5. The molecule has 1 rings (SSSR count). The summed E-state index contributed by atoms with van der Waals surface area (Å²) in [5.74, 6) is 1.81. The van der Waals surface area contributed by atoms with Crippen LogP contribution in [0.5, 0.6) is 17.2 Å². The second-order valence-electron chi connectivity index (χ2n) is 3.35. The molecule has 0 saturated heterocycles. The summed E-state index contributed by atoms with van der Waals surface area (Å²) in [4.78, 5) is 0. The van der Waals surface area contributed by atoms with Crippen molar-refractivity contribution < 1.29 is 19.3 Å². The highest BCUT2D eigenvalue weighted by atomic mass is 16.5. The lowest BCUT2D eigenvalue weighted by Gasteiger charge is -2.16. The van der Waals surface area contributed by atoms with Crippen LogP contribution in [-0.2, 0) is 0 Å². The van der Waals surface area contributed by atoms with Gasteiger partial charge in [0.15, 0.2) is 11.5 Å². The maximum atomic E-state index is 9.62. The smallest absolute Gasteiger partial charge is 0.164 e. The van der Waals surface area contributed by atoms with E-state index in [0.29, 0.717) is 29.4 Å². The van der Waals surface area contributed by atoms with Crippen LogP contribution in [0.3, 0.4) is 0 Å². The molecule has 0 bridgehead atoms. The van der Waals surface area contributed by atoms with Crippen LogP contribution in [0.25, 0.3) is 0 Å². The number of hydrogen-bond donors (Lipinski definition) is 1. The average Bonchev–Trinajstić information content (AvgIpc) is 2.28. The van der Waals surface area contributed by atoms with Crippen LogP contribution in [0.4, 0.5) is 0 Å². The minimum absolute atomic E-state index is 0.544. The van der Waals surface area contributed by atoms with E-state index in [1.54, 1.807) is 33.3 Å². The highest BCUT2D eigenvalue weighted by molar-refractivity contribution is 5.51. The summed E-state index contributed by atoms with van der Waals surface area (Å²) in [5, 5.41) is 9.62. The standard InChI is InChI=1S/C12H18O4/c1-5-16-12-6-9(8(2)13)10(14-3)7-11(12)15-4/h6-8,13H,5H2,1-4H3. The summed E-state index contributed by atoms with van der Waals surface area (Å²) < 4.78 is 15.8. The Morgan fingerprint density at radius 2 is 1.75 bits per heavy atom. The summed E-state index contributed by atoms with van der Waals surface area (Å²) in [6.07, 6.45) is -0.611. The summed E-state index contributed by atoms with van der Waals surface area (Å²) >= 11 is 0. The Hall–Kier alpha value is -1.42. The molecule has 0 aromatic heterocycles. The summed E-state index contributed by atoms with van der Waals surface area (Å²) in [7, 11) is 3.13. The maximum Gasteiger partial charge on any atom is 0.164 e. The molecular formula is C12H18O4. The van der Waals surface area contributed by atoms with Crippen molar-refractivity contribution in [2.24, 2.45) is 0 Å². The summed E-state index contributed by atoms with van der Waals surface area (Å²) in [6, 6.07) is 3.46. The lowest BCUT2D eigenvalue weighted by molar-refractivity contribution is 0.193. The zero-order chi connectivity index (χ0) is 12.1. The second-order valence-corrected chi connectivity index (χ2v) is 3.35. The van der Waals surface area contributed by atoms with Crippen molar-refractivity contribution in [1.29, 1.82) is 0 Å². The molecule has 1 unspecified atom stereocenters. The van der Waals surface area contributed by atoms with Crippen LogP contribution in [0.15, 0.2) is 12.1 Å². The minimum atomic E-state index is -0.611. The number of methoxy groups -OCH3 is 2. The molecule has 1 atom stereocenters. The first kappa shape index (κ1) is 12.6. The van der Waals surface area contributed by atoms with Crippen molar-refractivity contribution in [3.8, 4) is 17.2 Å². The molecule has 4 nitrogen and oxygen atoms in total. The van der Waals surface area contributed by atoms with Gasteiger partial charge in [0.1, 0.15) is 5.75 Å². The second kappa shape index (κ2) is 5.61. The first-order valence-electron chi connectivity index (χ1n) is 5.20. The Balaban J connectivity index is 3.23. The normalized spacial score (nSPS) is 12.1. The number of aliphatic hydroxyl groups excluding tert-OH is 1. The number of ether oxygens (including phenoxy) is 3. The monoisotopic (exact) mass is 226 g/mol.